The molecule has 2 aromatic heterocycles. The van der Waals surface area contributed by atoms with Crippen LogP contribution in [0.1, 0.15) is 29.3 Å². The summed E-state index contributed by atoms with van der Waals surface area (Å²) in [7, 11) is 0. The van der Waals surface area contributed by atoms with Crippen molar-refractivity contribution in [3.8, 4) is 0 Å². The molecule has 1 atom stereocenters. The van der Waals surface area contributed by atoms with E-state index in [0.717, 1.165) is 0 Å². The SMILES string of the molecule is CC(NC(=O)c1ccc(N)nn1)c1nn[nH]n1. The monoisotopic (exact) mass is 234 g/mol. The molecule has 0 radical (unpaired) electrons. The number of carbonyl (C=O) groups excluding carboxylic acids is 1. The second kappa shape index (κ2) is 4.51. The van der Waals surface area contributed by atoms with Crippen LogP contribution in [0.25, 0.3) is 0 Å². The number of tetrazole rings is 1. The van der Waals surface area contributed by atoms with Gasteiger partial charge in [-0.1, -0.05) is 5.21 Å². The normalized spacial score (nSPS) is 12.1. The molecule has 0 fully saturated rings. The van der Waals surface area contributed by atoms with Crippen LogP contribution in [0.3, 0.4) is 0 Å². The van der Waals surface area contributed by atoms with E-state index in [1.807, 2.05) is 0 Å². The summed E-state index contributed by atoms with van der Waals surface area (Å²) in [6, 6.07) is 2.61. The molecule has 2 rings (SSSR count). The van der Waals surface area contributed by atoms with Gasteiger partial charge >= 0.3 is 0 Å². The molecular weight excluding hydrogens is 224 g/mol. The largest absolute Gasteiger partial charge is 0.382 e. The predicted molar refractivity (Wildman–Crippen MR) is 56.5 cm³/mol. The number of hydrogen-bond acceptors (Lipinski definition) is 7. The zero-order valence-corrected chi connectivity index (χ0v) is 8.95. The van der Waals surface area contributed by atoms with Gasteiger partial charge in [0.15, 0.2) is 11.5 Å². The molecule has 88 valence electrons. The summed E-state index contributed by atoms with van der Waals surface area (Å²) >= 11 is 0. The van der Waals surface area contributed by atoms with Crippen LogP contribution >= 0.6 is 0 Å². The Morgan fingerprint density at radius 2 is 2.24 bits per heavy atom. The van der Waals surface area contributed by atoms with E-state index in [1.165, 1.54) is 12.1 Å². The van der Waals surface area contributed by atoms with E-state index in [-0.39, 0.29) is 23.5 Å². The topological polar surface area (TPSA) is 135 Å². The highest BCUT2D eigenvalue weighted by Crippen LogP contribution is 2.05. The van der Waals surface area contributed by atoms with Crippen molar-refractivity contribution in [3.63, 3.8) is 0 Å². The molecular formula is C8H10N8O. The van der Waals surface area contributed by atoms with Gasteiger partial charge in [0.05, 0.1) is 6.04 Å². The van der Waals surface area contributed by atoms with Crippen molar-refractivity contribution in [1.82, 2.24) is 36.1 Å². The molecule has 0 aliphatic carbocycles. The first-order valence-corrected chi connectivity index (χ1v) is 4.80. The van der Waals surface area contributed by atoms with Crippen LogP contribution in [0.4, 0.5) is 5.82 Å². The molecule has 9 nitrogen and oxygen atoms in total. The van der Waals surface area contributed by atoms with E-state index in [4.69, 9.17) is 5.73 Å². The molecule has 9 heteroatoms. The van der Waals surface area contributed by atoms with Crippen molar-refractivity contribution in [2.75, 3.05) is 5.73 Å². The van der Waals surface area contributed by atoms with E-state index in [1.54, 1.807) is 6.92 Å². The van der Waals surface area contributed by atoms with Crippen molar-refractivity contribution in [3.05, 3.63) is 23.7 Å². The van der Waals surface area contributed by atoms with Gasteiger partial charge in [-0.3, -0.25) is 4.79 Å². The standard InChI is InChI=1S/C8H10N8O/c1-4(7-13-15-16-14-7)10-8(17)5-2-3-6(9)12-11-5/h2-4H,1H3,(H2,9,12)(H,10,17)(H,13,14,15,16). The lowest BCUT2D eigenvalue weighted by Crippen LogP contribution is -2.28. The Morgan fingerprint density at radius 3 is 2.82 bits per heavy atom. The summed E-state index contributed by atoms with van der Waals surface area (Å²) in [6.45, 7) is 1.73. The second-order valence-corrected chi connectivity index (χ2v) is 3.31. The van der Waals surface area contributed by atoms with Gasteiger partial charge in [-0.2, -0.15) is 5.21 Å². The van der Waals surface area contributed by atoms with Gasteiger partial charge < -0.3 is 11.1 Å². The van der Waals surface area contributed by atoms with Crippen LogP contribution in [0.5, 0.6) is 0 Å². The van der Waals surface area contributed by atoms with Crippen molar-refractivity contribution < 1.29 is 4.79 Å². The minimum atomic E-state index is -0.380. The molecule has 0 aliphatic rings. The Hall–Kier alpha value is -2.58. The Kier molecular flexibility index (Phi) is 2.90. The fourth-order valence-corrected chi connectivity index (χ4v) is 1.15. The molecule has 0 aromatic carbocycles. The van der Waals surface area contributed by atoms with E-state index in [0.29, 0.717) is 5.82 Å². The first kappa shape index (κ1) is 10.9. The zero-order chi connectivity index (χ0) is 12.3. The van der Waals surface area contributed by atoms with Gasteiger partial charge in [-0.25, -0.2) is 0 Å². The number of hydrogen-bond donors (Lipinski definition) is 3. The smallest absolute Gasteiger partial charge is 0.272 e. The van der Waals surface area contributed by atoms with Gasteiger partial charge in [0, 0.05) is 0 Å². The van der Waals surface area contributed by atoms with Crippen LogP contribution in [0.2, 0.25) is 0 Å². The molecule has 1 amide bonds. The minimum Gasteiger partial charge on any atom is -0.382 e. The van der Waals surface area contributed by atoms with Crippen LogP contribution < -0.4 is 11.1 Å². The average Bonchev–Trinajstić information content (AvgIpc) is 2.83. The highest BCUT2D eigenvalue weighted by molar-refractivity contribution is 5.92. The molecule has 2 heterocycles. The Labute approximate surface area is 95.8 Å². The molecule has 4 N–H and O–H groups in total. The number of H-pyrrole nitrogens is 1. The van der Waals surface area contributed by atoms with Crippen LogP contribution in [-0.2, 0) is 0 Å². The Morgan fingerprint density at radius 1 is 1.41 bits per heavy atom. The summed E-state index contributed by atoms with van der Waals surface area (Å²) in [4.78, 5) is 11.7. The number of anilines is 1. The van der Waals surface area contributed by atoms with Crippen LogP contribution in [0, 0.1) is 0 Å². The Bertz CT molecular complexity index is 493. The maximum absolute atomic E-state index is 11.7. The molecule has 0 saturated heterocycles. The number of amides is 1. The minimum absolute atomic E-state index is 0.176. The fourth-order valence-electron chi connectivity index (χ4n) is 1.15. The molecule has 1 unspecified atom stereocenters. The number of aromatic nitrogens is 6. The third kappa shape index (κ3) is 2.51. The van der Waals surface area contributed by atoms with E-state index < -0.39 is 0 Å². The summed E-state index contributed by atoms with van der Waals surface area (Å²) < 4.78 is 0. The Balaban J connectivity index is 2.04. The lowest BCUT2D eigenvalue weighted by Gasteiger charge is -2.08. The third-order valence-electron chi connectivity index (χ3n) is 2.01. The number of carbonyl (C=O) groups is 1. The molecule has 0 aliphatic heterocycles. The van der Waals surface area contributed by atoms with Gasteiger partial charge in [0.1, 0.15) is 5.82 Å². The maximum Gasteiger partial charge on any atom is 0.272 e. The first-order chi connectivity index (χ1) is 8.16. The van der Waals surface area contributed by atoms with Gasteiger partial charge in [-0.15, -0.1) is 20.4 Å². The van der Waals surface area contributed by atoms with E-state index in [9.17, 15) is 4.79 Å². The highest BCUT2D eigenvalue weighted by atomic mass is 16.2. The zero-order valence-electron chi connectivity index (χ0n) is 8.95. The quantitative estimate of drug-likeness (QED) is 0.623. The lowest BCUT2D eigenvalue weighted by molar-refractivity contribution is 0.0932. The molecule has 0 saturated carbocycles. The molecule has 2 aromatic rings. The molecule has 0 spiro atoms. The van der Waals surface area contributed by atoms with Crippen molar-refractivity contribution >= 4 is 11.7 Å². The van der Waals surface area contributed by atoms with Crippen molar-refractivity contribution in [2.24, 2.45) is 0 Å². The highest BCUT2D eigenvalue weighted by Gasteiger charge is 2.15. The van der Waals surface area contributed by atoms with Crippen LogP contribution in [0.15, 0.2) is 12.1 Å². The number of nitrogens with one attached hydrogen (secondary N) is 2. The second-order valence-electron chi connectivity index (χ2n) is 3.31. The van der Waals surface area contributed by atoms with Gasteiger partial charge in [0.25, 0.3) is 5.91 Å². The third-order valence-corrected chi connectivity index (χ3v) is 2.01. The molecule has 0 bridgehead atoms. The number of nitrogens with two attached hydrogens (primary N) is 1. The average molecular weight is 234 g/mol. The van der Waals surface area contributed by atoms with Gasteiger partial charge in [0.2, 0.25) is 0 Å². The summed E-state index contributed by atoms with van der Waals surface area (Å²) in [6.07, 6.45) is 0. The van der Waals surface area contributed by atoms with Crippen LogP contribution in [-0.4, -0.2) is 36.7 Å². The number of rotatable bonds is 3. The lowest BCUT2D eigenvalue weighted by atomic mass is 10.3. The van der Waals surface area contributed by atoms with Crippen molar-refractivity contribution in [2.45, 2.75) is 13.0 Å². The summed E-state index contributed by atoms with van der Waals surface area (Å²) in [5, 5.41) is 23.1. The summed E-state index contributed by atoms with van der Waals surface area (Å²) in [5.74, 6) is 0.268. The van der Waals surface area contributed by atoms with Gasteiger partial charge in [-0.05, 0) is 19.1 Å². The number of aromatic amines is 1. The van der Waals surface area contributed by atoms with E-state index in [2.05, 4.69) is 36.1 Å². The maximum atomic E-state index is 11.7. The predicted octanol–water partition coefficient (Wildman–Crippen LogP) is -0.937. The summed E-state index contributed by atoms with van der Waals surface area (Å²) in [5.41, 5.74) is 5.54. The fraction of sp³-hybridized carbons (Fsp3) is 0.250. The number of nitrogen functional groups attached to an aromatic ring is 1. The number of nitrogens with zero attached hydrogens (tertiary/aromatic N) is 5. The first-order valence-electron chi connectivity index (χ1n) is 4.80. The van der Waals surface area contributed by atoms with Crippen molar-refractivity contribution in [1.29, 1.82) is 0 Å². The van der Waals surface area contributed by atoms with E-state index >= 15 is 0 Å². The molecule has 17 heavy (non-hydrogen) atoms.